The number of fused-ring (bicyclic) bond motifs is 3. The van der Waals surface area contributed by atoms with Crippen molar-refractivity contribution in [2.24, 2.45) is 0 Å². The van der Waals surface area contributed by atoms with Crippen molar-refractivity contribution in [1.82, 2.24) is 19.2 Å². The summed E-state index contributed by atoms with van der Waals surface area (Å²) in [4.78, 5) is 12.7. The molecule has 0 atom stereocenters. The zero-order valence-corrected chi connectivity index (χ0v) is 15.9. The third kappa shape index (κ3) is 2.96. The van der Waals surface area contributed by atoms with E-state index in [4.69, 9.17) is 16.3 Å². The third-order valence-electron chi connectivity index (χ3n) is 4.66. The van der Waals surface area contributed by atoms with Gasteiger partial charge in [-0.05, 0) is 49.2 Å². The first kappa shape index (κ1) is 17.5. The van der Waals surface area contributed by atoms with Crippen LogP contribution in [0.3, 0.4) is 0 Å². The van der Waals surface area contributed by atoms with E-state index in [1.807, 2.05) is 60.7 Å². The lowest BCUT2D eigenvalue weighted by Gasteiger charge is -2.11. The SMILES string of the molecule is CCc1cc(OCc2nnc3n(CC)c(=O)c4ccccc4n23)ccc1Cl. The highest BCUT2D eigenvalue weighted by molar-refractivity contribution is 6.31. The Balaban J connectivity index is 1.79. The lowest BCUT2D eigenvalue weighted by Crippen LogP contribution is -2.22. The molecule has 0 aliphatic heterocycles. The molecule has 138 valence electrons. The molecule has 6 nitrogen and oxygen atoms in total. The highest BCUT2D eigenvalue weighted by atomic mass is 35.5. The molecule has 7 heteroatoms. The Hall–Kier alpha value is -2.86. The highest BCUT2D eigenvalue weighted by Gasteiger charge is 2.16. The largest absolute Gasteiger partial charge is 0.486 e. The summed E-state index contributed by atoms with van der Waals surface area (Å²) in [7, 11) is 0. The second-order valence-corrected chi connectivity index (χ2v) is 6.62. The predicted molar refractivity (Wildman–Crippen MR) is 106 cm³/mol. The van der Waals surface area contributed by atoms with Gasteiger partial charge < -0.3 is 4.74 Å². The zero-order valence-electron chi connectivity index (χ0n) is 15.1. The second-order valence-electron chi connectivity index (χ2n) is 6.21. The molecule has 0 bridgehead atoms. The quantitative estimate of drug-likeness (QED) is 0.526. The van der Waals surface area contributed by atoms with Gasteiger partial charge in [-0.25, -0.2) is 0 Å². The molecule has 0 fully saturated rings. The minimum absolute atomic E-state index is 0.0641. The molecule has 0 saturated heterocycles. The Kier molecular flexibility index (Phi) is 4.58. The Labute approximate surface area is 161 Å². The van der Waals surface area contributed by atoms with Crippen LogP contribution in [0.25, 0.3) is 16.7 Å². The minimum atomic E-state index is -0.0641. The van der Waals surface area contributed by atoms with Crippen molar-refractivity contribution in [3.8, 4) is 5.75 Å². The first-order valence-electron chi connectivity index (χ1n) is 8.90. The van der Waals surface area contributed by atoms with Gasteiger partial charge in [-0.15, -0.1) is 10.2 Å². The van der Waals surface area contributed by atoms with Crippen LogP contribution in [0, 0.1) is 0 Å². The van der Waals surface area contributed by atoms with Gasteiger partial charge in [0.2, 0.25) is 5.78 Å². The summed E-state index contributed by atoms with van der Waals surface area (Å²) < 4.78 is 9.45. The number of benzene rings is 2. The molecule has 0 radical (unpaired) electrons. The average molecular weight is 383 g/mol. The molecular weight excluding hydrogens is 364 g/mol. The maximum absolute atomic E-state index is 12.7. The predicted octanol–water partition coefficient (Wildman–Crippen LogP) is 3.86. The van der Waals surface area contributed by atoms with E-state index in [0.29, 0.717) is 23.5 Å². The number of nitrogens with zero attached hydrogens (tertiary/aromatic N) is 4. The van der Waals surface area contributed by atoms with E-state index in [-0.39, 0.29) is 12.2 Å². The van der Waals surface area contributed by atoms with Crippen molar-refractivity contribution in [1.29, 1.82) is 0 Å². The van der Waals surface area contributed by atoms with Gasteiger partial charge in [0.1, 0.15) is 12.4 Å². The fourth-order valence-corrected chi connectivity index (χ4v) is 3.50. The van der Waals surface area contributed by atoms with E-state index in [9.17, 15) is 4.79 Å². The van der Waals surface area contributed by atoms with Crippen LogP contribution in [0.4, 0.5) is 0 Å². The Bertz CT molecular complexity index is 1200. The van der Waals surface area contributed by atoms with Crippen LogP contribution in [0.15, 0.2) is 47.3 Å². The van der Waals surface area contributed by atoms with Crippen molar-refractivity contribution >= 4 is 28.3 Å². The van der Waals surface area contributed by atoms with E-state index in [1.165, 1.54) is 0 Å². The van der Waals surface area contributed by atoms with Crippen LogP contribution in [0.1, 0.15) is 25.2 Å². The summed E-state index contributed by atoms with van der Waals surface area (Å²) in [6.07, 6.45) is 0.831. The van der Waals surface area contributed by atoms with Gasteiger partial charge in [0, 0.05) is 11.6 Å². The number of para-hydroxylation sites is 1. The van der Waals surface area contributed by atoms with Crippen molar-refractivity contribution in [3.05, 3.63) is 69.2 Å². The smallest absolute Gasteiger partial charge is 0.262 e. The topological polar surface area (TPSA) is 61.4 Å². The Morgan fingerprint density at radius 2 is 1.93 bits per heavy atom. The molecule has 27 heavy (non-hydrogen) atoms. The molecule has 4 rings (SSSR count). The lowest BCUT2D eigenvalue weighted by atomic mass is 10.1. The molecule has 0 saturated carbocycles. The molecule has 0 N–H and O–H groups in total. The van der Waals surface area contributed by atoms with Crippen LogP contribution in [-0.4, -0.2) is 19.2 Å². The van der Waals surface area contributed by atoms with E-state index in [2.05, 4.69) is 10.2 Å². The van der Waals surface area contributed by atoms with E-state index < -0.39 is 0 Å². The molecule has 0 unspecified atom stereocenters. The van der Waals surface area contributed by atoms with Crippen LogP contribution in [0.5, 0.6) is 5.75 Å². The average Bonchev–Trinajstić information content (AvgIpc) is 3.12. The number of rotatable bonds is 5. The molecule has 2 aromatic heterocycles. The number of halogens is 1. The molecule has 0 amide bonds. The molecule has 2 aromatic carbocycles. The van der Waals surface area contributed by atoms with Crippen LogP contribution in [-0.2, 0) is 19.6 Å². The van der Waals surface area contributed by atoms with Crippen molar-refractivity contribution in [2.45, 2.75) is 33.4 Å². The molecule has 0 aliphatic carbocycles. The van der Waals surface area contributed by atoms with Gasteiger partial charge in [0.05, 0.1) is 10.9 Å². The van der Waals surface area contributed by atoms with Gasteiger partial charge in [0.25, 0.3) is 5.56 Å². The fourth-order valence-electron chi connectivity index (χ4n) is 3.25. The number of aryl methyl sites for hydroxylation is 2. The van der Waals surface area contributed by atoms with Crippen molar-refractivity contribution < 1.29 is 4.74 Å². The normalized spacial score (nSPS) is 11.4. The van der Waals surface area contributed by atoms with Gasteiger partial charge in [0.15, 0.2) is 5.82 Å². The summed E-state index contributed by atoms with van der Waals surface area (Å²) >= 11 is 6.17. The first-order valence-corrected chi connectivity index (χ1v) is 9.28. The van der Waals surface area contributed by atoms with Crippen LogP contribution >= 0.6 is 11.6 Å². The van der Waals surface area contributed by atoms with Gasteiger partial charge >= 0.3 is 0 Å². The summed E-state index contributed by atoms with van der Waals surface area (Å²) in [6.45, 7) is 4.72. The van der Waals surface area contributed by atoms with E-state index in [1.54, 1.807) is 4.57 Å². The van der Waals surface area contributed by atoms with Crippen LogP contribution in [0.2, 0.25) is 5.02 Å². The van der Waals surface area contributed by atoms with Gasteiger partial charge in [-0.2, -0.15) is 0 Å². The summed E-state index contributed by atoms with van der Waals surface area (Å²) in [6, 6.07) is 13.1. The Morgan fingerprint density at radius 3 is 2.70 bits per heavy atom. The highest BCUT2D eigenvalue weighted by Crippen LogP contribution is 2.23. The first-order chi connectivity index (χ1) is 13.1. The van der Waals surface area contributed by atoms with Gasteiger partial charge in [-0.1, -0.05) is 30.7 Å². The summed E-state index contributed by atoms with van der Waals surface area (Å²) in [5.41, 5.74) is 1.74. The summed E-state index contributed by atoms with van der Waals surface area (Å²) in [5.74, 6) is 1.88. The molecule has 0 spiro atoms. The number of hydrogen-bond donors (Lipinski definition) is 0. The molecule has 0 aliphatic rings. The molecule has 4 aromatic rings. The third-order valence-corrected chi connectivity index (χ3v) is 5.03. The second kappa shape index (κ2) is 7.04. The maximum Gasteiger partial charge on any atom is 0.262 e. The number of hydrogen-bond acceptors (Lipinski definition) is 4. The lowest BCUT2D eigenvalue weighted by molar-refractivity contribution is 0.294. The van der Waals surface area contributed by atoms with E-state index >= 15 is 0 Å². The maximum atomic E-state index is 12.7. The van der Waals surface area contributed by atoms with E-state index in [0.717, 1.165) is 28.3 Å². The van der Waals surface area contributed by atoms with Gasteiger partial charge in [-0.3, -0.25) is 13.8 Å². The number of aromatic nitrogens is 4. The monoisotopic (exact) mass is 382 g/mol. The minimum Gasteiger partial charge on any atom is -0.486 e. The summed E-state index contributed by atoms with van der Waals surface area (Å²) in [5, 5.41) is 9.87. The Morgan fingerprint density at radius 1 is 1.11 bits per heavy atom. The molecule has 2 heterocycles. The van der Waals surface area contributed by atoms with Crippen molar-refractivity contribution in [3.63, 3.8) is 0 Å². The zero-order chi connectivity index (χ0) is 19.0. The van der Waals surface area contributed by atoms with Crippen molar-refractivity contribution in [2.75, 3.05) is 0 Å². The fraction of sp³-hybridized carbons (Fsp3) is 0.250. The standard InChI is InChI=1S/C20H19ClN4O2/c1-3-13-11-14(9-10-16(13)21)27-12-18-22-23-20-24(4-2)19(26)15-7-5-6-8-17(15)25(18)20/h5-11H,3-4,12H2,1-2H3. The van der Waals surface area contributed by atoms with Crippen LogP contribution < -0.4 is 10.3 Å². The number of ether oxygens (including phenoxy) is 1. The molecular formula is C20H19ClN4O2.